The maximum Gasteiger partial charge on any atom is 0.272 e. The zero-order valence-corrected chi connectivity index (χ0v) is 22.0. The second-order valence-electron chi connectivity index (χ2n) is 10.4. The van der Waals surface area contributed by atoms with Crippen molar-refractivity contribution in [2.24, 2.45) is 0 Å². The predicted molar refractivity (Wildman–Crippen MR) is 137 cm³/mol. The SMILES string of the molecule is C[C@@H](C(=O)Nc1ccc(Oc2ccc(F)cc2F)cn1)N1CCC(F)(F)C(c2ccnc(CN3CC(F)(F)C3)c2)C1. The van der Waals surface area contributed by atoms with Crippen molar-refractivity contribution >= 4 is 11.7 Å². The zero-order chi connectivity index (χ0) is 29.4. The number of amides is 1. The lowest BCUT2D eigenvalue weighted by Crippen LogP contribution is -2.55. The molecule has 7 nitrogen and oxygen atoms in total. The summed E-state index contributed by atoms with van der Waals surface area (Å²) in [6, 6.07) is 7.98. The first-order valence-corrected chi connectivity index (χ1v) is 13.0. The average molecular weight is 580 g/mol. The highest BCUT2D eigenvalue weighted by Crippen LogP contribution is 2.41. The van der Waals surface area contributed by atoms with E-state index in [1.54, 1.807) is 11.8 Å². The van der Waals surface area contributed by atoms with E-state index in [4.69, 9.17) is 4.74 Å². The molecule has 2 aliphatic heterocycles. The standard InChI is InChI=1S/C28H27F6N5O2/c1-17(26(40)37-25-5-3-21(12-36-25)41-24-4-2-19(29)11-23(24)30)39-9-7-28(33,34)22(14-39)18-6-8-35-20(10-18)13-38-15-27(31,32)16-38/h2-6,8,10-12,17,22H,7,9,13-16H2,1H3,(H,36,37,40)/t17-,22?/m0/s1. The molecule has 2 aromatic heterocycles. The molecule has 2 atom stereocenters. The van der Waals surface area contributed by atoms with Gasteiger partial charge >= 0.3 is 0 Å². The van der Waals surface area contributed by atoms with Crippen LogP contribution in [0.3, 0.4) is 0 Å². The number of ether oxygens (including phenoxy) is 1. The molecular weight excluding hydrogens is 552 g/mol. The van der Waals surface area contributed by atoms with Crippen LogP contribution in [0.25, 0.3) is 0 Å². The number of nitrogens with zero attached hydrogens (tertiary/aromatic N) is 4. The Labute approximate surface area is 232 Å². The number of likely N-dealkylation sites (tertiary alicyclic amines) is 2. The van der Waals surface area contributed by atoms with Crippen LogP contribution in [0.4, 0.5) is 32.2 Å². The van der Waals surface area contributed by atoms with Crippen LogP contribution >= 0.6 is 0 Å². The van der Waals surface area contributed by atoms with Crippen LogP contribution in [0, 0.1) is 11.6 Å². The summed E-state index contributed by atoms with van der Waals surface area (Å²) in [5.74, 6) is -8.95. The number of rotatable bonds is 8. The van der Waals surface area contributed by atoms with Crippen LogP contribution < -0.4 is 10.1 Å². The second-order valence-corrected chi connectivity index (χ2v) is 10.4. The summed E-state index contributed by atoms with van der Waals surface area (Å²) in [6.07, 6.45) is 2.19. The summed E-state index contributed by atoms with van der Waals surface area (Å²) in [7, 11) is 0. The van der Waals surface area contributed by atoms with Gasteiger partial charge in [0, 0.05) is 38.3 Å². The summed E-state index contributed by atoms with van der Waals surface area (Å²) in [6.45, 7) is 0.845. The third kappa shape index (κ3) is 6.79. The summed E-state index contributed by atoms with van der Waals surface area (Å²) < 4.78 is 88.7. The highest BCUT2D eigenvalue weighted by Gasteiger charge is 2.47. The van der Waals surface area contributed by atoms with Crippen molar-refractivity contribution in [2.75, 3.05) is 31.5 Å². The van der Waals surface area contributed by atoms with Gasteiger partial charge in [-0.25, -0.2) is 31.3 Å². The topological polar surface area (TPSA) is 70.6 Å². The summed E-state index contributed by atoms with van der Waals surface area (Å²) in [4.78, 5) is 24.4. The highest BCUT2D eigenvalue weighted by atomic mass is 19.3. The predicted octanol–water partition coefficient (Wildman–Crippen LogP) is 5.45. The van der Waals surface area contributed by atoms with E-state index >= 15 is 8.78 Å². The number of pyridine rings is 2. The molecule has 1 N–H and O–H groups in total. The summed E-state index contributed by atoms with van der Waals surface area (Å²) in [5.41, 5.74) is 0.761. The number of benzene rings is 1. The van der Waals surface area contributed by atoms with Gasteiger partial charge in [-0.3, -0.25) is 19.6 Å². The lowest BCUT2D eigenvalue weighted by molar-refractivity contribution is -0.134. The van der Waals surface area contributed by atoms with Gasteiger partial charge in [-0.2, -0.15) is 0 Å². The minimum absolute atomic E-state index is 0.0116. The van der Waals surface area contributed by atoms with Crippen LogP contribution in [0.15, 0.2) is 54.9 Å². The minimum Gasteiger partial charge on any atom is -0.453 e. The molecule has 1 aromatic carbocycles. The van der Waals surface area contributed by atoms with Gasteiger partial charge < -0.3 is 10.1 Å². The van der Waals surface area contributed by atoms with Crippen molar-refractivity contribution in [3.05, 3.63) is 77.8 Å². The fourth-order valence-electron chi connectivity index (χ4n) is 4.97. The normalized spacial score (nSPS) is 21.1. The van der Waals surface area contributed by atoms with Gasteiger partial charge in [-0.15, -0.1) is 0 Å². The molecule has 0 spiro atoms. The lowest BCUT2D eigenvalue weighted by Gasteiger charge is -2.41. The van der Waals surface area contributed by atoms with Gasteiger partial charge in [-0.05, 0) is 48.9 Å². The Hall–Kier alpha value is -3.71. The Balaban J connectivity index is 1.20. The number of hydrogen-bond donors (Lipinski definition) is 1. The van der Waals surface area contributed by atoms with Crippen LogP contribution in [0.5, 0.6) is 11.5 Å². The molecule has 0 radical (unpaired) electrons. The largest absolute Gasteiger partial charge is 0.453 e. The Morgan fingerprint density at radius 2 is 1.88 bits per heavy atom. The van der Waals surface area contributed by atoms with Crippen molar-refractivity contribution in [3.63, 3.8) is 0 Å². The maximum absolute atomic E-state index is 15.0. The first-order chi connectivity index (χ1) is 19.4. The number of halogens is 6. The smallest absolute Gasteiger partial charge is 0.272 e. The van der Waals surface area contributed by atoms with Crippen molar-refractivity contribution in [2.45, 2.75) is 43.7 Å². The van der Waals surface area contributed by atoms with Crippen molar-refractivity contribution < 1.29 is 35.9 Å². The molecule has 0 bridgehead atoms. The number of anilines is 1. The molecule has 1 amide bonds. The minimum atomic E-state index is -3.03. The van der Waals surface area contributed by atoms with E-state index in [1.165, 1.54) is 41.6 Å². The van der Waals surface area contributed by atoms with E-state index in [2.05, 4.69) is 15.3 Å². The number of piperidine rings is 1. The summed E-state index contributed by atoms with van der Waals surface area (Å²) >= 11 is 0. The van der Waals surface area contributed by atoms with Crippen molar-refractivity contribution in [3.8, 4) is 11.5 Å². The van der Waals surface area contributed by atoms with E-state index < -0.39 is 60.9 Å². The Morgan fingerprint density at radius 1 is 1.10 bits per heavy atom. The molecule has 2 saturated heterocycles. The van der Waals surface area contributed by atoms with Gasteiger partial charge in [0.15, 0.2) is 11.6 Å². The number of hydrogen-bond acceptors (Lipinski definition) is 6. The second kappa shape index (κ2) is 11.3. The number of aromatic nitrogens is 2. The molecular formula is C28H27F6N5O2. The highest BCUT2D eigenvalue weighted by molar-refractivity contribution is 5.93. The maximum atomic E-state index is 15.0. The third-order valence-corrected chi connectivity index (χ3v) is 7.23. The summed E-state index contributed by atoms with van der Waals surface area (Å²) in [5, 5.41) is 2.64. The monoisotopic (exact) mass is 579 g/mol. The fraction of sp³-hybridized carbons (Fsp3) is 0.393. The molecule has 13 heteroatoms. The molecule has 2 aliphatic rings. The van der Waals surface area contributed by atoms with E-state index in [0.717, 1.165) is 12.1 Å². The first-order valence-electron chi connectivity index (χ1n) is 13.0. The van der Waals surface area contributed by atoms with Gasteiger partial charge in [-0.1, -0.05) is 0 Å². The lowest BCUT2D eigenvalue weighted by atomic mass is 9.86. The Morgan fingerprint density at radius 3 is 2.56 bits per heavy atom. The van der Waals surface area contributed by atoms with Crippen LogP contribution in [-0.2, 0) is 11.3 Å². The average Bonchev–Trinajstić information content (AvgIpc) is 2.90. The van der Waals surface area contributed by atoms with Gasteiger partial charge in [0.1, 0.15) is 17.4 Å². The van der Waals surface area contributed by atoms with Crippen LogP contribution in [0.2, 0.25) is 0 Å². The van der Waals surface area contributed by atoms with Crippen molar-refractivity contribution in [1.82, 2.24) is 19.8 Å². The van der Waals surface area contributed by atoms with Gasteiger partial charge in [0.2, 0.25) is 5.91 Å². The molecule has 0 saturated carbocycles. The van der Waals surface area contributed by atoms with Crippen LogP contribution in [0.1, 0.15) is 30.5 Å². The van der Waals surface area contributed by atoms with Crippen molar-refractivity contribution in [1.29, 1.82) is 0 Å². The zero-order valence-electron chi connectivity index (χ0n) is 22.0. The number of carbonyl (C=O) groups is 1. The van der Waals surface area contributed by atoms with Crippen LogP contribution in [-0.4, -0.2) is 69.7 Å². The van der Waals surface area contributed by atoms with Gasteiger partial charge in [0.05, 0.1) is 36.9 Å². The molecule has 1 unspecified atom stereocenters. The van der Waals surface area contributed by atoms with Gasteiger partial charge in [0.25, 0.3) is 11.8 Å². The number of nitrogens with one attached hydrogen (secondary N) is 1. The number of carbonyl (C=O) groups excluding carboxylic acids is 1. The molecule has 41 heavy (non-hydrogen) atoms. The Bertz CT molecular complexity index is 1400. The van der Waals surface area contributed by atoms with E-state index in [-0.39, 0.29) is 37.0 Å². The van der Waals surface area contributed by atoms with E-state index in [9.17, 15) is 22.4 Å². The first kappa shape index (κ1) is 28.8. The molecule has 2 fully saturated rings. The molecule has 3 aromatic rings. The van der Waals surface area contributed by atoms with E-state index in [0.29, 0.717) is 17.3 Å². The molecule has 5 rings (SSSR count). The fourth-order valence-corrected chi connectivity index (χ4v) is 4.97. The quantitative estimate of drug-likeness (QED) is 0.358. The number of alkyl halides is 4. The molecule has 218 valence electrons. The van der Waals surface area contributed by atoms with E-state index in [1.807, 2.05) is 0 Å². The molecule has 4 heterocycles. The third-order valence-electron chi connectivity index (χ3n) is 7.23. The molecule has 0 aliphatic carbocycles. The Kier molecular flexibility index (Phi) is 7.93.